The molecule has 1 saturated heterocycles. The maximum Gasteiger partial charge on any atom is 0.325 e. The number of piperidine rings is 1. The van der Waals surface area contributed by atoms with Crippen molar-refractivity contribution in [1.82, 2.24) is 5.32 Å². The quantitative estimate of drug-likeness (QED) is 0.470. The van der Waals surface area contributed by atoms with Crippen molar-refractivity contribution in [2.75, 3.05) is 0 Å². The molecule has 7 heteroatoms. The van der Waals surface area contributed by atoms with Gasteiger partial charge in [0.2, 0.25) is 0 Å². The lowest BCUT2D eigenvalue weighted by atomic mass is 9.88. The van der Waals surface area contributed by atoms with Crippen molar-refractivity contribution in [3.63, 3.8) is 0 Å². The highest BCUT2D eigenvalue weighted by atomic mass is 16.6. The summed E-state index contributed by atoms with van der Waals surface area (Å²) in [5.74, 6) is -1.51. The van der Waals surface area contributed by atoms with Crippen molar-refractivity contribution in [2.45, 2.75) is 43.9 Å². The Morgan fingerprint density at radius 2 is 1.68 bits per heavy atom. The van der Waals surface area contributed by atoms with Crippen LogP contribution in [0.3, 0.4) is 0 Å². The van der Waals surface area contributed by atoms with E-state index in [0.29, 0.717) is 0 Å². The lowest BCUT2D eigenvalue weighted by Crippen LogP contribution is -2.57. The first kappa shape index (κ1) is 19.5. The minimum absolute atomic E-state index is 0.0327. The Bertz CT molecular complexity index is 801. The van der Waals surface area contributed by atoms with Gasteiger partial charge in [0.25, 0.3) is 5.91 Å². The van der Waals surface area contributed by atoms with E-state index in [-0.39, 0.29) is 24.8 Å². The summed E-state index contributed by atoms with van der Waals surface area (Å²) in [6.45, 7) is 1.73. The number of hydrogen-bond donors (Lipinski definition) is 1. The molecule has 1 aliphatic rings. The number of rotatable bonds is 6. The lowest BCUT2D eigenvalue weighted by Gasteiger charge is -2.29. The van der Waals surface area contributed by atoms with Crippen molar-refractivity contribution >= 4 is 11.9 Å². The lowest BCUT2D eigenvalue weighted by molar-refractivity contribution is -0.520. The molecule has 1 heterocycles. The van der Waals surface area contributed by atoms with Crippen LogP contribution in [0.15, 0.2) is 60.7 Å². The van der Waals surface area contributed by atoms with Gasteiger partial charge in [0, 0.05) is 23.3 Å². The fraction of sp³-hybridized carbons (Fsp3) is 0.333. The molecule has 0 saturated carbocycles. The fourth-order valence-corrected chi connectivity index (χ4v) is 3.56. The minimum Gasteiger partial charge on any atom is -0.454 e. The summed E-state index contributed by atoms with van der Waals surface area (Å²) in [4.78, 5) is 35.2. The predicted molar refractivity (Wildman–Crippen MR) is 102 cm³/mol. The summed E-state index contributed by atoms with van der Waals surface area (Å²) >= 11 is 0. The van der Waals surface area contributed by atoms with Crippen LogP contribution in [-0.2, 0) is 14.3 Å². The van der Waals surface area contributed by atoms with Gasteiger partial charge in [-0.1, -0.05) is 60.7 Å². The highest BCUT2D eigenvalue weighted by Crippen LogP contribution is 2.29. The zero-order chi connectivity index (χ0) is 20.1. The molecular formula is C21H22N2O5. The molecule has 1 fully saturated rings. The van der Waals surface area contributed by atoms with E-state index in [9.17, 15) is 19.7 Å². The first-order valence-electron chi connectivity index (χ1n) is 9.19. The molecule has 0 spiro atoms. The third kappa shape index (κ3) is 4.54. The Kier molecular flexibility index (Phi) is 6.03. The number of benzene rings is 2. The predicted octanol–water partition coefficient (Wildman–Crippen LogP) is 2.67. The number of nitrogens with one attached hydrogen (secondary N) is 1. The molecule has 3 unspecified atom stereocenters. The van der Waals surface area contributed by atoms with Crippen LogP contribution in [-0.4, -0.2) is 35.0 Å². The first-order valence-corrected chi connectivity index (χ1v) is 9.19. The van der Waals surface area contributed by atoms with Gasteiger partial charge in [0.1, 0.15) is 0 Å². The molecule has 1 N–H and O–H groups in total. The van der Waals surface area contributed by atoms with Gasteiger partial charge >= 0.3 is 12.0 Å². The normalized spacial score (nSPS) is 21.8. The van der Waals surface area contributed by atoms with E-state index in [0.717, 1.165) is 11.1 Å². The largest absolute Gasteiger partial charge is 0.454 e. The molecule has 3 rings (SSSR count). The summed E-state index contributed by atoms with van der Waals surface area (Å²) in [5.41, 5.74) is 1.90. The summed E-state index contributed by atoms with van der Waals surface area (Å²) < 4.78 is 5.44. The molecule has 1 amide bonds. The molecule has 28 heavy (non-hydrogen) atoms. The summed E-state index contributed by atoms with van der Waals surface area (Å²) in [7, 11) is 0. The number of esters is 1. The van der Waals surface area contributed by atoms with Crippen LogP contribution in [0.2, 0.25) is 0 Å². The number of nitro groups is 1. The van der Waals surface area contributed by atoms with Crippen molar-refractivity contribution in [2.24, 2.45) is 0 Å². The average Bonchev–Trinajstić information content (AvgIpc) is 2.66. The number of carbonyl (C=O) groups excluding carboxylic acids is 2. The van der Waals surface area contributed by atoms with Gasteiger partial charge in [-0.3, -0.25) is 19.7 Å². The maximum absolute atomic E-state index is 12.7. The van der Waals surface area contributed by atoms with Crippen LogP contribution >= 0.6 is 0 Å². The van der Waals surface area contributed by atoms with Crippen molar-refractivity contribution in [1.29, 1.82) is 0 Å². The van der Waals surface area contributed by atoms with Crippen molar-refractivity contribution in [3.8, 4) is 0 Å². The molecule has 0 aromatic heterocycles. The molecule has 146 valence electrons. The number of nitrogens with zero attached hydrogens (tertiary/aromatic N) is 1. The van der Waals surface area contributed by atoms with Crippen LogP contribution in [0.25, 0.3) is 0 Å². The molecule has 1 aliphatic heterocycles. The SMILES string of the molecule is CC1CC(OC(=O)CC(c2ccccc2)c2ccccc2)C([N+](=O)[O-])C(=O)N1. The molecule has 7 nitrogen and oxygen atoms in total. The standard InChI is InChI=1S/C21H22N2O5/c1-14-12-18(20(23(26)27)21(25)22-14)28-19(24)13-17(15-8-4-2-5-9-15)16-10-6-3-7-11-16/h2-11,14,17-18,20H,12-13H2,1H3,(H,22,25). The van der Waals surface area contributed by atoms with E-state index in [1.54, 1.807) is 6.92 Å². The molecule has 0 bridgehead atoms. The topological polar surface area (TPSA) is 98.5 Å². The van der Waals surface area contributed by atoms with Crippen LogP contribution in [0.5, 0.6) is 0 Å². The average molecular weight is 382 g/mol. The van der Waals surface area contributed by atoms with E-state index in [1.165, 1.54) is 0 Å². The smallest absolute Gasteiger partial charge is 0.325 e. The number of carbonyl (C=O) groups is 2. The minimum atomic E-state index is -1.58. The van der Waals surface area contributed by atoms with Crippen LogP contribution < -0.4 is 5.32 Å². The van der Waals surface area contributed by atoms with E-state index >= 15 is 0 Å². The molecule has 2 aromatic carbocycles. The van der Waals surface area contributed by atoms with Crippen molar-refractivity contribution < 1.29 is 19.2 Å². The Balaban J connectivity index is 1.78. The van der Waals surface area contributed by atoms with Gasteiger partial charge in [0.05, 0.1) is 6.42 Å². The second-order valence-corrected chi connectivity index (χ2v) is 6.98. The van der Waals surface area contributed by atoms with E-state index in [1.807, 2.05) is 60.7 Å². The van der Waals surface area contributed by atoms with Gasteiger partial charge in [-0.15, -0.1) is 0 Å². The number of ether oxygens (including phenoxy) is 1. The van der Waals surface area contributed by atoms with Crippen molar-refractivity contribution in [3.05, 3.63) is 81.9 Å². The van der Waals surface area contributed by atoms with Gasteiger partial charge in [-0.05, 0) is 18.1 Å². The monoisotopic (exact) mass is 382 g/mol. The number of hydrogen-bond acceptors (Lipinski definition) is 5. The zero-order valence-electron chi connectivity index (χ0n) is 15.5. The van der Waals surface area contributed by atoms with Gasteiger partial charge in [-0.25, -0.2) is 0 Å². The molecular weight excluding hydrogens is 360 g/mol. The van der Waals surface area contributed by atoms with Crippen LogP contribution in [0.4, 0.5) is 0 Å². The van der Waals surface area contributed by atoms with Crippen LogP contribution in [0, 0.1) is 10.1 Å². The van der Waals surface area contributed by atoms with E-state index < -0.39 is 28.9 Å². The van der Waals surface area contributed by atoms with Gasteiger partial charge in [-0.2, -0.15) is 0 Å². The Morgan fingerprint density at radius 1 is 1.14 bits per heavy atom. The molecule has 3 atom stereocenters. The highest BCUT2D eigenvalue weighted by Gasteiger charge is 2.46. The Hall–Kier alpha value is -3.22. The Labute approximate surface area is 162 Å². The van der Waals surface area contributed by atoms with E-state index in [2.05, 4.69) is 5.32 Å². The summed E-state index contributed by atoms with van der Waals surface area (Å²) in [5, 5.41) is 13.8. The molecule has 0 aliphatic carbocycles. The summed E-state index contributed by atoms with van der Waals surface area (Å²) in [6.07, 6.45) is -0.825. The fourth-order valence-electron chi connectivity index (χ4n) is 3.56. The third-order valence-corrected chi connectivity index (χ3v) is 4.88. The third-order valence-electron chi connectivity index (χ3n) is 4.88. The van der Waals surface area contributed by atoms with Gasteiger partial charge in [0.15, 0.2) is 6.10 Å². The van der Waals surface area contributed by atoms with E-state index in [4.69, 9.17) is 4.74 Å². The second-order valence-electron chi connectivity index (χ2n) is 6.98. The molecule has 2 aromatic rings. The van der Waals surface area contributed by atoms with Gasteiger partial charge < -0.3 is 10.1 Å². The first-order chi connectivity index (χ1) is 13.5. The van der Waals surface area contributed by atoms with Crippen LogP contribution in [0.1, 0.15) is 36.8 Å². The zero-order valence-corrected chi connectivity index (χ0v) is 15.5. The Morgan fingerprint density at radius 3 is 2.18 bits per heavy atom. The molecule has 0 radical (unpaired) electrons. The highest BCUT2D eigenvalue weighted by molar-refractivity contribution is 5.83. The summed E-state index contributed by atoms with van der Waals surface area (Å²) in [6, 6.07) is 17.2. The number of amides is 1. The maximum atomic E-state index is 12.7. The second kappa shape index (κ2) is 8.65.